The van der Waals surface area contributed by atoms with Crippen LogP contribution < -0.4 is 26.6 Å². The number of rotatable bonds is 25. The van der Waals surface area contributed by atoms with Gasteiger partial charge in [0.15, 0.2) is 5.13 Å². The lowest BCUT2D eigenvalue weighted by molar-refractivity contribution is -0.142. The maximum atomic E-state index is 14.1. The number of hydrogen-bond acceptors (Lipinski definition) is 12. The summed E-state index contributed by atoms with van der Waals surface area (Å²) < 4.78 is 27.1. The third-order valence-corrected chi connectivity index (χ3v) is 10.6. The average Bonchev–Trinajstić information content (AvgIpc) is 3.87. The minimum Gasteiger partial charge on any atom is -0.379 e. The Morgan fingerprint density at radius 2 is 1.44 bits per heavy atom. The Morgan fingerprint density at radius 1 is 0.825 bits per heavy atom. The second-order valence-corrected chi connectivity index (χ2v) is 14.7. The van der Waals surface area contributed by atoms with Crippen LogP contribution in [0.3, 0.4) is 0 Å². The quantitative estimate of drug-likeness (QED) is 0.0899. The smallest absolute Gasteiger partial charge is 0.321 e. The highest BCUT2D eigenvalue weighted by atomic mass is 79.9. The van der Waals surface area contributed by atoms with Gasteiger partial charge in [-0.15, -0.1) is 17.0 Å². The predicted molar refractivity (Wildman–Crippen MR) is 225 cm³/mol. The van der Waals surface area contributed by atoms with Crippen LogP contribution >= 0.6 is 28.3 Å². The minimum absolute atomic E-state index is 0. The summed E-state index contributed by atoms with van der Waals surface area (Å²) >= 11 is 1.13. The van der Waals surface area contributed by atoms with Crippen LogP contribution in [0.25, 0.3) is 11.3 Å². The molecule has 1 aromatic heterocycles. The zero-order chi connectivity index (χ0) is 40.0. The molecule has 1 saturated heterocycles. The molecule has 18 heteroatoms. The first-order valence-electron chi connectivity index (χ1n) is 19.9. The number of likely N-dealkylation sites (N-methyl/N-ethyl adjacent to an activating group) is 1. The van der Waals surface area contributed by atoms with Crippen LogP contribution in [0.5, 0.6) is 0 Å². The van der Waals surface area contributed by atoms with Crippen LogP contribution in [-0.4, -0.2) is 138 Å². The van der Waals surface area contributed by atoms with E-state index in [4.69, 9.17) is 23.7 Å². The van der Waals surface area contributed by atoms with Gasteiger partial charge in [0, 0.05) is 25.3 Å². The fourth-order valence-corrected chi connectivity index (χ4v) is 7.47. The van der Waals surface area contributed by atoms with E-state index in [1.807, 2.05) is 37.3 Å². The van der Waals surface area contributed by atoms with Gasteiger partial charge in [-0.3, -0.25) is 19.7 Å². The van der Waals surface area contributed by atoms with Crippen LogP contribution in [0, 0.1) is 5.92 Å². The van der Waals surface area contributed by atoms with Gasteiger partial charge in [0.1, 0.15) is 22.8 Å². The first-order valence-corrected chi connectivity index (χ1v) is 20.7. The van der Waals surface area contributed by atoms with E-state index in [2.05, 4.69) is 31.6 Å². The molecular weight excluding hydrogens is 822 g/mol. The lowest BCUT2D eigenvalue weighted by atomic mass is 9.83. The van der Waals surface area contributed by atoms with Crippen molar-refractivity contribution in [1.82, 2.24) is 25.8 Å². The van der Waals surface area contributed by atoms with Crippen LogP contribution in [0.2, 0.25) is 0 Å². The fourth-order valence-electron chi connectivity index (χ4n) is 6.59. The largest absolute Gasteiger partial charge is 0.379 e. The van der Waals surface area contributed by atoms with Crippen LogP contribution in [0.4, 0.5) is 14.9 Å². The number of thiazole rings is 1. The highest BCUT2D eigenvalue weighted by molar-refractivity contribution is 8.93. The monoisotopic (exact) mass is 883 g/mol. The summed E-state index contributed by atoms with van der Waals surface area (Å²) in [6, 6.07) is 7.04. The van der Waals surface area contributed by atoms with E-state index in [0.717, 1.165) is 49.0 Å². The molecule has 2 heterocycles. The molecule has 1 saturated carbocycles. The molecule has 0 unspecified atom stereocenters. The van der Waals surface area contributed by atoms with Gasteiger partial charge in [0.25, 0.3) is 0 Å². The summed E-state index contributed by atoms with van der Waals surface area (Å²) in [6.45, 7) is 9.17. The van der Waals surface area contributed by atoms with Gasteiger partial charge in [-0.1, -0.05) is 60.9 Å². The number of ether oxygens (including phenoxy) is 5. The van der Waals surface area contributed by atoms with E-state index in [9.17, 15) is 19.2 Å². The molecule has 1 aliphatic carbocycles. The van der Waals surface area contributed by atoms with Crippen molar-refractivity contribution >= 4 is 62.2 Å². The molecule has 2 aromatic rings. The molecule has 3 atom stereocenters. The number of anilines is 2. The predicted octanol–water partition coefficient (Wildman–Crippen LogP) is 4.21. The lowest BCUT2D eigenvalue weighted by Gasteiger charge is -2.35. The summed E-state index contributed by atoms with van der Waals surface area (Å²) in [4.78, 5) is 60.1. The van der Waals surface area contributed by atoms with E-state index in [1.165, 1.54) is 0 Å². The first kappa shape index (κ1) is 48.1. The zero-order valence-electron chi connectivity index (χ0n) is 33.5. The number of benzene rings is 1. The third kappa shape index (κ3) is 16.5. The molecule has 0 radical (unpaired) electrons. The fraction of sp³-hybridized carbons (Fsp3) is 0.667. The summed E-state index contributed by atoms with van der Waals surface area (Å²) in [6.07, 6.45) is 6.00. The van der Waals surface area contributed by atoms with Gasteiger partial charge in [-0.2, -0.15) is 0 Å². The van der Waals surface area contributed by atoms with Crippen LogP contribution in [0.15, 0.2) is 30.3 Å². The number of hydrogen-bond donors (Lipinski definition) is 5. The van der Waals surface area contributed by atoms with Crippen LogP contribution in [0.1, 0.15) is 58.8 Å². The summed E-state index contributed by atoms with van der Waals surface area (Å²) in [7, 11) is 1.71. The molecule has 1 aliphatic heterocycles. The molecule has 4 rings (SSSR count). The Bertz CT molecular complexity index is 1490. The number of likely N-dealkylation sites (tertiary alicyclic amines) is 1. The maximum Gasteiger partial charge on any atom is 0.321 e. The molecular formula is C39H62BrN7O9S. The number of aromatic nitrogens is 1. The molecule has 5 N–H and O–H groups in total. The second kappa shape index (κ2) is 27.5. The molecule has 2 aliphatic rings. The maximum absolute atomic E-state index is 14.1. The van der Waals surface area contributed by atoms with E-state index >= 15 is 0 Å². The number of halogens is 1. The Hall–Kier alpha value is -3.23. The van der Waals surface area contributed by atoms with Gasteiger partial charge in [-0.05, 0) is 52.5 Å². The van der Waals surface area contributed by atoms with Crippen molar-refractivity contribution in [2.75, 3.05) is 96.8 Å². The van der Waals surface area contributed by atoms with Gasteiger partial charge >= 0.3 is 6.03 Å². The SMILES string of the molecule is Br.CCOCCOCCOCCOCCOCCNC(=O)Nc1nc(-c2ccccc2)c(NC(=O)[C@@H]2CCCN2C(=O)[C@@H](NC(=O)[C@H](C)NC)C2CCCCC2)s1. The van der Waals surface area contributed by atoms with Crippen molar-refractivity contribution in [3.05, 3.63) is 30.3 Å². The topological polar surface area (TPSA) is 191 Å². The Balaban J connectivity index is 0.00000870. The molecule has 0 spiro atoms. The van der Waals surface area contributed by atoms with Gasteiger partial charge in [0.05, 0.1) is 65.5 Å². The highest BCUT2D eigenvalue weighted by Crippen LogP contribution is 2.37. The van der Waals surface area contributed by atoms with Crippen molar-refractivity contribution in [1.29, 1.82) is 0 Å². The number of urea groups is 1. The van der Waals surface area contributed by atoms with Crippen molar-refractivity contribution in [2.24, 2.45) is 5.92 Å². The number of carbonyl (C=O) groups excluding carboxylic acids is 4. The molecule has 57 heavy (non-hydrogen) atoms. The van der Waals surface area contributed by atoms with Crippen molar-refractivity contribution < 1.29 is 42.9 Å². The highest BCUT2D eigenvalue weighted by Gasteiger charge is 2.41. The molecule has 0 bridgehead atoms. The standard InChI is InChI=1S/C39H61N7O9S.BrH/c1-4-51-20-21-53-24-25-55-27-26-54-23-22-52-19-17-41-38(50)45-39-43-32(29-12-7-5-8-13-29)36(56-39)44-35(48)31-16-11-18-46(31)37(49)33(30-14-9-6-10-15-30)42-34(47)28(2)40-3;/h5,7-8,12-13,28,30-31,33,40H,4,6,9-11,14-27H2,1-3H3,(H,42,47)(H,44,48)(H2,41,43,45,50);1H/t28-,31-,33-;/m0./s1. The zero-order valence-corrected chi connectivity index (χ0v) is 36.0. The van der Waals surface area contributed by atoms with Gasteiger partial charge in [0.2, 0.25) is 17.7 Å². The van der Waals surface area contributed by atoms with Crippen molar-refractivity contribution in [3.8, 4) is 11.3 Å². The van der Waals surface area contributed by atoms with E-state index in [0.29, 0.717) is 94.7 Å². The molecule has 1 aromatic carbocycles. The van der Waals surface area contributed by atoms with Gasteiger partial charge in [-0.25, -0.2) is 9.78 Å². The Kier molecular flexibility index (Phi) is 23.2. The summed E-state index contributed by atoms with van der Waals surface area (Å²) in [5.74, 6) is -0.772. The third-order valence-electron chi connectivity index (χ3n) is 9.71. The lowest BCUT2D eigenvalue weighted by Crippen LogP contribution is -2.57. The summed E-state index contributed by atoms with van der Waals surface area (Å²) in [5.41, 5.74) is 1.26. The number of nitrogens with zero attached hydrogens (tertiary/aromatic N) is 2. The van der Waals surface area contributed by atoms with E-state index in [-0.39, 0.29) is 53.8 Å². The Morgan fingerprint density at radius 3 is 2.05 bits per heavy atom. The average molecular weight is 885 g/mol. The van der Waals surface area contributed by atoms with Crippen molar-refractivity contribution in [3.63, 3.8) is 0 Å². The number of carbonyl (C=O) groups is 4. The van der Waals surface area contributed by atoms with E-state index < -0.39 is 24.2 Å². The normalized spacial score (nSPS) is 16.7. The molecule has 5 amide bonds. The minimum atomic E-state index is -0.711. The molecule has 2 fully saturated rings. The van der Waals surface area contributed by atoms with Crippen LogP contribution in [-0.2, 0) is 38.1 Å². The van der Waals surface area contributed by atoms with Crippen molar-refractivity contribution in [2.45, 2.75) is 76.9 Å². The second-order valence-electron chi connectivity index (χ2n) is 13.7. The summed E-state index contributed by atoms with van der Waals surface area (Å²) in [5, 5.41) is 15.3. The number of nitrogens with one attached hydrogen (secondary N) is 5. The molecule has 16 nitrogen and oxygen atoms in total. The van der Waals surface area contributed by atoms with E-state index in [1.54, 1.807) is 18.9 Å². The number of amides is 5. The first-order chi connectivity index (χ1) is 27.3. The van der Waals surface area contributed by atoms with Gasteiger partial charge < -0.3 is 49.9 Å². The molecule has 320 valence electrons. The Labute approximate surface area is 351 Å².